The number of hydrogen-bond donors (Lipinski definition) is 2. The standard InChI is InChI=1S/C23H24ClNO.C2H2O4/c1-25-14-13-19(17-7-3-2-4-8-17)18(15-25)16-26-23-12-11-22(24)20-9-5-6-10-21(20)23;3-1(4)2(5)6/h2-12,18-19H,13-16H2,1H3;(H,3,4)(H,5,6)/t18-,19-;/m0./s1. The van der Waals surface area contributed by atoms with Crippen molar-refractivity contribution in [2.24, 2.45) is 5.92 Å². The number of hydrogen-bond acceptors (Lipinski definition) is 4. The number of carbonyl (C=O) groups is 2. The summed E-state index contributed by atoms with van der Waals surface area (Å²) < 4.78 is 6.33. The second-order valence-corrected chi connectivity index (χ2v) is 8.25. The van der Waals surface area contributed by atoms with Gasteiger partial charge in [-0.1, -0.05) is 66.2 Å². The summed E-state index contributed by atoms with van der Waals surface area (Å²) in [5, 5.41) is 17.7. The number of benzene rings is 3. The number of rotatable bonds is 4. The van der Waals surface area contributed by atoms with E-state index in [0.717, 1.165) is 41.2 Å². The number of carboxylic acids is 2. The average molecular weight is 456 g/mol. The van der Waals surface area contributed by atoms with Crippen LogP contribution in [0.4, 0.5) is 0 Å². The molecule has 0 aliphatic carbocycles. The Kier molecular flexibility index (Phi) is 8.09. The lowest BCUT2D eigenvalue weighted by molar-refractivity contribution is -0.159. The quantitative estimate of drug-likeness (QED) is 0.551. The molecule has 1 aliphatic heterocycles. The highest BCUT2D eigenvalue weighted by atomic mass is 35.5. The zero-order valence-electron chi connectivity index (χ0n) is 17.8. The van der Waals surface area contributed by atoms with Gasteiger partial charge in [-0.2, -0.15) is 0 Å². The molecule has 32 heavy (non-hydrogen) atoms. The molecule has 0 spiro atoms. The summed E-state index contributed by atoms with van der Waals surface area (Å²) in [5.74, 6) is -1.70. The van der Waals surface area contributed by atoms with Crippen LogP contribution < -0.4 is 4.74 Å². The smallest absolute Gasteiger partial charge is 0.414 e. The van der Waals surface area contributed by atoms with Gasteiger partial charge in [-0.05, 0) is 43.6 Å². The Morgan fingerprint density at radius 3 is 2.25 bits per heavy atom. The van der Waals surface area contributed by atoms with Crippen LogP contribution in [-0.4, -0.2) is 53.8 Å². The number of likely N-dealkylation sites (tertiary alicyclic amines) is 1. The summed E-state index contributed by atoms with van der Waals surface area (Å²) in [6.45, 7) is 2.92. The van der Waals surface area contributed by atoms with Crippen molar-refractivity contribution in [2.75, 3.05) is 26.7 Å². The molecule has 0 unspecified atom stereocenters. The maximum absolute atomic E-state index is 9.10. The minimum absolute atomic E-state index is 0.477. The van der Waals surface area contributed by atoms with Gasteiger partial charge in [0.25, 0.3) is 0 Å². The van der Waals surface area contributed by atoms with Crippen LogP contribution in [-0.2, 0) is 9.59 Å². The molecular weight excluding hydrogens is 430 g/mol. The molecule has 3 aromatic rings. The summed E-state index contributed by atoms with van der Waals surface area (Å²) in [7, 11) is 2.20. The Balaban J connectivity index is 0.000000427. The van der Waals surface area contributed by atoms with E-state index in [4.69, 9.17) is 36.1 Å². The summed E-state index contributed by atoms with van der Waals surface area (Å²) in [6.07, 6.45) is 1.18. The number of nitrogens with zero attached hydrogens (tertiary/aromatic N) is 1. The summed E-state index contributed by atoms with van der Waals surface area (Å²) in [4.78, 5) is 20.6. The highest BCUT2D eigenvalue weighted by molar-refractivity contribution is 6.35. The van der Waals surface area contributed by atoms with Gasteiger partial charge in [0.15, 0.2) is 0 Å². The van der Waals surface area contributed by atoms with Crippen LogP contribution >= 0.6 is 11.6 Å². The number of fused-ring (bicyclic) bond motifs is 1. The molecule has 0 radical (unpaired) electrons. The van der Waals surface area contributed by atoms with Crippen molar-refractivity contribution in [1.29, 1.82) is 0 Å². The molecular formula is C25H26ClNO5. The van der Waals surface area contributed by atoms with Crippen LogP contribution in [0, 0.1) is 5.92 Å². The highest BCUT2D eigenvalue weighted by Gasteiger charge is 2.29. The minimum atomic E-state index is -1.82. The Hall–Kier alpha value is -3.09. The fourth-order valence-corrected chi connectivity index (χ4v) is 4.31. The number of halogens is 1. The molecule has 6 nitrogen and oxygen atoms in total. The SMILES string of the molecule is CN1CC[C@@H](c2ccccc2)[C@H](COc2ccc(Cl)c3ccccc23)C1.O=C(O)C(=O)O. The molecule has 7 heteroatoms. The first-order chi connectivity index (χ1) is 15.4. The van der Waals surface area contributed by atoms with Gasteiger partial charge < -0.3 is 19.8 Å². The second-order valence-electron chi connectivity index (χ2n) is 7.84. The lowest BCUT2D eigenvalue weighted by Gasteiger charge is -2.37. The zero-order valence-corrected chi connectivity index (χ0v) is 18.5. The van der Waals surface area contributed by atoms with Gasteiger partial charge in [0.2, 0.25) is 0 Å². The van der Waals surface area contributed by atoms with Gasteiger partial charge in [-0.15, -0.1) is 0 Å². The molecule has 1 aliphatic rings. The fraction of sp³-hybridized carbons (Fsp3) is 0.280. The van der Waals surface area contributed by atoms with Crippen molar-refractivity contribution in [3.63, 3.8) is 0 Å². The van der Waals surface area contributed by atoms with Crippen molar-refractivity contribution in [2.45, 2.75) is 12.3 Å². The number of carboxylic acid groups (broad SMARTS) is 2. The average Bonchev–Trinajstić information content (AvgIpc) is 2.80. The maximum atomic E-state index is 9.10. The Labute approximate surface area is 192 Å². The van der Waals surface area contributed by atoms with E-state index in [1.165, 1.54) is 12.0 Å². The molecule has 2 N–H and O–H groups in total. The van der Waals surface area contributed by atoms with Crippen LogP contribution in [0.5, 0.6) is 5.75 Å². The lowest BCUT2D eigenvalue weighted by Crippen LogP contribution is -2.39. The molecule has 2 atom stereocenters. The van der Waals surface area contributed by atoms with E-state index in [1.54, 1.807) is 0 Å². The molecule has 1 saturated heterocycles. The molecule has 1 fully saturated rings. The number of piperidine rings is 1. The second kappa shape index (κ2) is 11.0. The third-order valence-electron chi connectivity index (χ3n) is 5.63. The van der Waals surface area contributed by atoms with E-state index in [9.17, 15) is 0 Å². The predicted molar refractivity (Wildman–Crippen MR) is 125 cm³/mol. The Morgan fingerprint density at radius 1 is 0.969 bits per heavy atom. The maximum Gasteiger partial charge on any atom is 0.414 e. The van der Waals surface area contributed by atoms with Gasteiger partial charge in [0, 0.05) is 28.3 Å². The topological polar surface area (TPSA) is 87.1 Å². The fourth-order valence-electron chi connectivity index (χ4n) is 4.08. The Morgan fingerprint density at radius 2 is 1.59 bits per heavy atom. The number of ether oxygens (including phenoxy) is 1. The van der Waals surface area contributed by atoms with Gasteiger partial charge in [0.1, 0.15) is 5.75 Å². The van der Waals surface area contributed by atoms with E-state index in [0.29, 0.717) is 11.8 Å². The van der Waals surface area contributed by atoms with Gasteiger partial charge >= 0.3 is 11.9 Å². The van der Waals surface area contributed by atoms with E-state index < -0.39 is 11.9 Å². The normalized spacial score (nSPS) is 18.4. The first kappa shape index (κ1) is 23.6. The van der Waals surface area contributed by atoms with Gasteiger partial charge in [-0.3, -0.25) is 0 Å². The van der Waals surface area contributed by atoms with Gasteiger partial charge in [-0.25, -0.2) is 9.59 Å². The molecule has 0 amide bonds. The summed E-state index contributed by atoms with van der Waals surface area (Å²) in [5.41, 5.74) is 1.43. The molecule has 0 saturated carbocycles. The molecule has 168 valence electrons. The largest absolute Gasteiger partial charge is 0.493 e. The van der Waals surface area contributed by atoms with E-state index >= 15 is 0 Å². The third kappa shape index (κ3) is 5.99. The predicted octanol–water partition coefficient (Wildman–Crippen LogP) is 4.76. The first-order valence-corrected chi connectivity index (χ1v) is 10.7. The molecule has 4 rings (SSSR count). The van der Waals surface area contributed by atoms with Crippen LogP contribution in [0.1, 0.15) is 17.9 Å². The van der Waals surface area contributed by atoms with Crippen molar-refractivity contribution in [3.8, 4) is 5.75 Å². The lowest BCUT2D eigenvalue weighted by atomic mass is 9.81. The third-order valence-corrected chi connectivity index (χ3v) is 5.96. The van der Waals surface area contributed by atoms with Crippen molar-refractivity contribution in [1.82, 2.24) is 4.90 Å². The monoisotopic (exact) mass is 455 g/mol. The highest BCUT2D eigenvalue weighted by Crippen LogP contribution is 2.35. The van der Waals surface area contributed by atoms with Gasteiger partial charge in [0.05, 0.1) is 6.61 Å². The van der Waals surface area contributed by atoms with Crippen LogP contribution in [0.15, 0.2) is 66.7 Å². The van der Waals surface area contributed by atoms with Crippen molar-refractivity contribution < 1.29 is 24.5 Å². The van der Waals surface area contributed by atoms with E-state index in [-0.39, 0.29) is 0 Å². The van der Waals surface area contributed by atoms with Crippen LogP contribution in [0.3, 0.4) is 0 Å². The van der Waals surface area contributed by atoms with E-state index in [1.807, 2.05) is 30.3 Å². The molecule has 3 aromatic carbocycles. The van der Waals surface area contributed by atoms with Crippen LogP contribution in [0.25, 0.3) is 10.8 Å². The minimum Gasteiger partial charge on any atom is -0.493 e. The first-order valence-electron chi connectivity index (χ1n) is 10.4. The zero-order chi connectivity index (χ0) is 23.1. The molecule has 0 aromatic heterocycles. The van der Waals surface area contributed by atoms with Crippen LogP contribution in [0.2, 0.25) is 5.02 Å². The summed E-state index contributed by atoms with van der Waals surface area (Å²) >= 11 is 6.34. The number of aliphatic carboxylic acids is 2. The Bertz CT molecular complexity index is 1060. The van der Waals surface area contributed by atoms with Crippen molar-refractivity contribution in [3.05, 3.63) is 77.3 Å². The summed E-state index contributed by atoms with van der Waals surface area (Å²) in [6, 6.07) is 23.0. The van der Waals surface area contributed by atoms with Crippen molar-refractivity contribution >= 4 is 34.3 Å². The molecule has 0 bridgehead atoms. The van der Waals surface area contributed by atoms with E-state index in [2.05, 4.69) is 48.3 Å². The molecule has 1 heterocycles.